The molecule has 2 N–H and O–H groups in total. The van der Waals surface area contributed by atoms with Crippen molar-refractivity contribution >= 4 is 42.7 Å². The number of nitrogens with one attached hydrogen (secondary N) is 2. The lowest BCUT2D eigenvalue weighted by molar-refractivity contribution is -0.782. The molecule has 0 aliphatic heterocycles. The topological polar surface area (TPSA) is 96.7 Å². The minimum absolute atomic E-state index is 0.171. The first-order valence-electron chi connectivity index (χ1n) is 11.7. The van der Waals surface area contributed by atoms with Crippen molar-refractivity contribution in [1.82, 2.24) is 20.1 Å². The van der Waals surface area contributed by atoms with Crippen LogP contribution in [0.3, 0.4) is 0 Å². The molecule has 0 unspecified atom stereocenters. The van der Waals surface area contributed by atoms with Gasteiger partial charge in [0.15, 0.2) is 0 Å². The molecule has 188 valence electrons. The second-order valence-electron chi connectivity index (χ2n) is 9.73. The first-order chi connectivity index (χ1) is 17.2. The van der Waals surface area contributed by atoms with E-state index < -0.39 is 8.07 Å². The average Bonchev–Trinajstić information content (AvgIpc) is 3.44. The van der Waals surface area contributed by atoms with Crippen molar-refractivity contribution in [3.8, 4) is 21.3 Å². The third-order valence-corrected chi connectivity index (χ3v) is 8.42. The van der Waals surface area contributed by atoms with E-state index in [0.717, 1.165) is 45.2 Å². The second-order valence-corrected chi connectivity index (χ2v) is 16.8. The molecule has 8 nitrogen and oxygen atoms in total. The summed E-state index contributed by atoms with van der Waals surface area (Å²) in [6, 6.07) is 12.6. The molecule has 4 aromatic rings. The minimum atomic E-state index is -1.14. The van der Waals surface area contributed by atoms with Crippen LogP contribution in [0.25, 0.3) is 21.3 Å². The van der Waals surface area contributed by atoms with E-state index in [1.54, 1.807) is 23.9 Å². The van der Waals surface area contributed by atoms with Gasteiger partial charge in [0, 0.05) is 44.8 Å². The van der Waals surface area contributed by atoms with Gasteiger partial charge in [-0.2, -0.15) is 5.10 Å². The van der Waals surface area contributed by atoms with Crippen LogP contribution in [0.5, 0.6) is 0 Å². The Balaban J connectivity index is 1.61. The van der Waals surface area contributed by atoms with Gasteiger partial charge in [0.05, 0.1) is 5.69 Å². The van der Waals surface area contributed by atoms with Crippen LogP contribution >= 0.6 is 22.9 Å². The SMILES string of the molecule is CC(=O)Nc1cc(-c2nc(Cc3ccc(Cl)cc3)c(-c3nc[n+](COCC[Si](C)(C)C)[nH]3)s2)ccn1. The molecule has 1 amide bonds. The average molecular weight is 542 g/mol. The lowest BCUT2D eigenvalue weighted by Crippen LogP contribution is -2.37. The number of nitrogens with zero attached hydrogens (tertiary/aromatic N) is 4. The number of hydrogen-bond donors (Lipinski definition) is 2. The number of H-pyrrole nitrogens is 1. The van der Waals surface area contributed by atoms with Crippen LogP contribution in [0.4, 0.5) is 5.82 Å². The number of ether oxygens (including phenoxy) is 1. The maximum absolute atomic E-state index is 11.5. The van der Waals surface area contributed by atoms with Gasteiger partial charge < -0.3 is 10.1 Å². The molecule has 0 saturated carbocycles. The number of carbonyl (C=O) groups excluding carboxylic acids is 1. The molecule has 0 bridgehead atoms. The first-order valence-corrected chi connectivity index (χ1v) is 16.6. The minimum Gasteiger partial charge on any atom is -0.341 e. The third kappa shape index (κ3) is 7.30. The van der Waals surface area contributed by atoms with Gasteiger partial charge in [-0.25, -0.2) is 9.97 Å². The van der Waals surface area contributed by atoms with E-state index in [4.69, 9.17) is 21.3 Å². The lowest BCUT2D eigenvalue weighted by atomic mass is 10.1. The molecular weight excluding hydrogens is 512 g/mol. The van der Waals surface area contributed by atoms with Gasteiger partial charge in [0.2, 0.25) is 12.6 Å². The van der Waals surface area contributed by atoms with Crippen LogP contribution in [0, 0.1) is 0 Å². The van der Waals surface area contributed by atoms with Crippen LogP contribution in [-0.2, 0) is 22.7 Å². The number of rotatable bonds is 10. The van der Waals surface area contributed by atoms with Crippen LogP contribution in [0.1, 0.15) is 18.2 Å². The number of hydrogen-bond acceptors (Lipinski definition) is 6. The third-order valence-electron chi connectivity index (χ3n) is 5.31. The van der Waals surface area contributed by atoms with Crippen LogP contribution in [0.15, 0.2) is 48.9 Å². The Morgan fingerprint density at radius 3 is 2.69 bits per heavy atom. The van der Waals surface area contributed by atoms with Gasteiger partial charge in [-0.15, -0.1) is 16.0 Å². The van der Waals surface area contributed by atoms with Crippen molar-refractivity contribution in [3.05, 3.63) is 65.2 Å². The summed E-state index contributed by atoms with van der Waals surface area (Å²) in [5.41, 5.74) is 2.87. The molecule has 0 radical (unpaired) electrons. The van der Waals surface area contributed by atoms with E-state index in [1.165, 1.54) is 6.92 Å². The molecule has 0 saturated heterocycles. The highest BCUT2D eigenvalue weighted by molar-refractivity contribution is 7.18. The maximum Gasteiger partial charge on any atom is 0.309 e. The van der Waals surface area contributed by atoms with Crippen molar-refractivity contribution in [3.63, 3.8) is 0 Å². The van der Waals surface area contributed by atoms with Crippen molar-refractivity contribution in [2.75, 3.05) is 11.9 Å². The molecular formula is C25H30ClN6O2SSi+. The second kappa shape index (κ2) is 11.4. The molecule has 4 rings (SSSR count). The molecule has 11 heteroatoms. The van der Waals surface area contributed by atoms with Crippen molar-refractivity contribution in [1.29, 1.82) is 0 Å². The predicted molar refractivity (Wildman–Crippen MR) is 146 cm³/mol. The fraction of sp³-hybridized carbons (Fsp3) is 0.320. The summed E-state index contributed by atoms with van der Waals surface area (Å²) < 4.78 is 7.70. The van der Waals surface area contributed by atoms with Crippen LogP contribution < -0.4 is 10.00 Å². The van der Waals surface area contributed by atoms with E-state index in [1.807, 2.05) is 41.1 Å². The summed E-state index contributed by atoms with van der Waals surface area (Å²) >= 11 is 7.62. The maximum atomic E-state index is 11.5. The molecule has 0 fully saturated rings. The highest BCUT2D eigenvalue weighted by Crippen LogP contribution is 2.35. The van der Waals surface area contributed by atoms with E-state index in [9.17, 15) is 4.79 Å². The summed E-state index contributed by atoms with van der Waals surface area (Å²) in [5, 5.41) is 7.58. The smallest absolute Gasteiger partial charge is 0.309 e. The Bertz CT molecular complexity index is 1330. The Kier molecular flexibility index (Phi) is 8.30. The van der Waals surface area contributed by atoms with Crippen LogP contribution in [0.2, 0.25) is 30.7 Å². The quantitative estimate of drug-likeness (QED) is 0.159. The molecule has 0 spiro atoms. The zero-order valence-electron chi connectivity index (χ0n) is 20.8. The van der Waals surface area contributed by atoms with Crippen molar-refractivity contribution in [2.24, 2.45) is 0 Å². The number of pyridine rings is 1. The van der Waals surface area contributed by atoms with Gasteiger partial charge in [-0.05, 0) is 40.9 Å². The summed E-state index contributed by atoms with van der Waals surface area (Å²) in [6.45, 7) is 9.62. The van der Waals surface area contributed by atoms with Gasteiger partial charge in [-0.3, -0.25) is 4.79 Å². The van der Waals surface area contributed by atoms with Gasteiger partial charge in [0.25, 0.3) is 5.82 Å². The largest absolute Gasteiger partial charge is 0.341 e. The highest BCUT2D eigenvalue weighted by atomic mass is 35.5. The fourth-order valence-corrected chi connectivity index (χ4v) is 5.33. The number of anilines is 1. The Hall–Kier alpha value is -2.92. The lowest BCUT2D eigenvalue weighted by Gasteiger charge is -2.14. The zero-order chi connectivity index (χ0) is 25.7. The summed E-state index contributed by atoms with van der Waals surface area (Å²) in [4.78, 5) is 26.2. The molecule has 36 heavy (non-hydrogen) atoms. The number of thiazole rings is 1. The summed E-state index contributed by atoms with van der Waals surface area (Å²) in [5.74, 6) is 1.05. The van der Waals surface area contributed by atoms with E-state index in [-0.39, 0.29) is 5.91 Å². The number of aromatic amines is 1. The van der Waals surface area contributed by atoms with E-state index >= 15 is 0 Å². The molecule has 3 heterocycles. The molecule has 1 aromatic carbocycles. The molecule has 0 atom stereocenters. The van der Waals surface area contributed by atoms with Gasteiger partial charge in [-0.1, -0.05) is 43.4 Å². The monoisotopic (exact) mass is 541 g/mol. The summed E-state index contributed by atoms with van der Waals surface area (Å²) in [7, 11) is -1.14. The number of aromatic nitrogens is 5. The van der Waals surface area contributed by atoms with Gasteiger partial charge in [0.1, 0.15) is 15.7 Å². The summed E-state index contributed by atoms with van der Waals surface area (Å²) in [6.07, 6.45) is 4.04. The van der Waals surface area contributed by atoms with E-state index in [2.05, 4.69) is 40.0 Å². The fourth-order valence-electron chi connectivity index (χ4n) is 3.43. The predicted octanol–water partition coefficient (Wildman–Crippen LogP) is 5.40. The van der Waals surface area contributed by atoms with Crippen molar-refractivity contribution < 1.29 is 14.2 Å². The first kappa shape index (κ1) is 26.1. The number of halogens is 1. The standard InChI is InChI=1S/C25H29ClN6O2SSi/c1-17(33)29-22-14-19(9-10-27-22)25-30-21(13-18-5-7-20(26)8-6-18)23(35-25)24-28-15-32(31-24)16-34-11-12-36(2,3)4/h5-10,14-15H,11-13,16H2,1-4H3,(H,27,29,33)/p+1. The Labute approximate surface area is 220 Å². The molecule has 3 aromatic heterocycles. The van der Waals surface area contributed by atoms with Gasteiger partial charge >= 0.3 is 6.33 Å². The number of amides is 1. The van der Waals surface area contributed by atoms with Crippen LogP contribution in [-0.4, -0.2) is 40.6 Å². The Morgan fingerprint density at radius 2 is 1.97 bits per heavy atom. The Morgan fingerprint density at radius 1 is 1.19 bits per heavy atom. The normalized spacial score (nSPS) is 11.6. The number of benzene rings is 1. The number of carbonyl (C=O) groups is 1. The highest BCUT2D eigenvalue weighted by Gasteiger charge is 2.22. The van der Waals surface area contributed by atoms with E-state index in [0.29, 0.717) is 24.0 Å². The molecule has 0 aliphatic carbocycles. The van der Waals surface area contributed by atoms with Crippen molar-refractivity contribution in [2.45, 2.75) is 45.8 Å². The molecule has 0 aliphatic rings. The zero-order valence-corrected chi connectivity index (χ0v) is 23.4.